The summed E-state index contributed by atoms with van der Waals surface area (Å²) in [4.78, 5) is 4.45. The molecule has 17 heavy (non-hydrogen) atoms. The molecule has 0 amide bonds. The number of pyridine rings is 1. The van der Waals surface area contributed by atoms with Crippen LogP contribution in [0.5, 0.6) is 0 Å². The third-order valence-corrected chi connectivity index (χ3v) is 3.59. The number of nitrogens with one attached hydrogen (secondary N) is 1. The molecule has 3 heteroatoms. The predicted molar refractivity (Wildman–Crippen MR) is 75.9 cm³/mol. The zero-order valence-electron chi connectivity index (χ0n) is 11.4. The predicted octanol–water partition coefficient (Wildman–Crippen LogP) is 4.05. The number of anilines is 1. The van der Waals surface area contributed by atoms with Gasteiger partial charge in [-0.25, -0.2) is 4.98 Å². The molecule has 0 spiro atoms. The average molecular weight is 255 g/mol. The quantitative estimate of drug-likeness (QED) is 0.820. The Morgan fingerprint density at radius 1 is 1.29 bits per heavy atom. The Labute approximate surface area is 110 Å². The van der Waals surface area contributed by atoms with E-state index in [9.17, 15) is 0 Å². The van der Waals surface area contributed by atoms with Crippen LogP contribution in [-0.2, 0) is 5.41 Å². The summed E-state index contributed by atoms with van der Waals surface area (Å²) in [5.74, 6) is 2.01. The largest absolute Gasteiger partial charge is 0.367 e. The van der Waals surface area contributed by atoms with Gasteiger partial charge in [-0.15, -0.1) is 11.6 Å². The first-order chi connectivity index (χ1) is 7.84. The molecular weight excluding hydrogens is 232 g/mol. The number of alkyl halides is 1. The molecule has 0 saturated heterocycles. The minimum atomic E-state index is 0.153. The lowest BCUT2D eigenvalue weighted by molar-refractivity contribution is 0.563. The highest BCUT2D eigenvalue weighted by Crippen LogP contribution is 2.22. The van der Waals surface area contributed by atoms with Gasteiger partial charge in [0.25, 0.3) is 0 Å². The molecule has 0 fully saturated rings. The van der Waals surface area contributed by atoms with Crippen molar-refractivity contribution in [2.75, 3.05) is 11.2 Å². The zero-order chi connectivity index (χ0) is 13.1. The van der Waals surface area contributed by atoms with E-state index < -0.39 is 0 Å². The third kappa shape index (κ3) is 4.19. The molecule has 1 aromatic heterocycles. The van der Waals surface area contributed by atoms with Gasteiger partial charge in [0.05, 0.1) is 0 Å². The maximum atomic E-state index is 5.84. The molecule has 0 aliphatic carbocycles. The lowest BCUT2D eigenvalue weighted by atomic mass is 9.88. The van der Waals surface area contributed by atoms with Crippen molar-refractivity contribution in [2.24, 2.45) is 5.92 Å². The summed E-state index contributed by atoms with van der Waals surface area (Å²) >= 11 is 5.84. The van der Waals surface area contributed by atoms with Crippen LogP contribution in [0.1, 0.15) is 40.2 Å². The molecule has 2 atom stereocenters. The average Bonchev–Trinajstić information content (AvgIpc) is 2.27. The van der Waals surface area contributed by atoms with Gasteiger partial charge in [0.1, 0.15) is 5.82 Å². The molecule has 0 radical (unpaired) electrons. The van der Waals surface area contributed by atoms with Crippen LogP contribution < -0.4 is 5.32 Å². The van der Waals surface area contributed by atoms with Gasteiger partial charge in [-0.2, -0.15) is 0 Å². The molecule has 0 saturated carbocycles. The fraction of sp³-hybridized carbons (Fsp3) is 0.643. The molecule has 1 heterocycles. The van der Waals surface area contributed by atoms with Crippen LogP contribution in [0.3, 0.4) is 0 Å². The van der Waals surface area contributed by atoms with E-state index in [1.165, 1.54) is 5.56 Å². The normalized spacial score (nSPS) is 15.4. The van der Waals surface area contributed by atoms with Crippen LogP contribution in [0.15, 0.2) is 18.3 Å². The Balaban J connectivity index is 2.69. The Morgan fingerprint density at radius 2 is 1.94 bits per heavy atom. The monoisotopic (exact) mass is 254 g/mol. The second kappa shape index (κ2) is 5.72. The molecule has 1 rings (SSSR count). The maximum absolute atomic E-state index is 5.84. The number of aromatic nitrogens is 1. The summed E-state index contributed by atoms with van der Waals surface area (Å²) in [6.45, 7) is 10.8. The fourth-order valence-electron chi connectivity index (χ4n) is 1.43. The molecule has 0 aliphatic rings. The van der Waals surface area contributed by atoms with Gasteiger partial charge in [0.15, 0.2) is 0 Å². The van der Waals surface area contributed by atoms with E-state index in [0.717, 1.165) is 5.82 Å². The van der Waals surface area contributed by atoms with Gasteiger partial charge in [-0.1, -0.05) is 33.8 Å². The summed E-state index contributed by atoms with van der Waals surface area (Å²) in [6.07, 6.45) is 1.94. The zero-order valence-corrected chi connectivity index (χ0v) is 12.2. The van der Waals surface area contributed by atoms with Gasteiger partial charge in [-0.05, 0) is 29.9 Å². The molecule has 1 N–H and O–H groups in total. The summed E-state index contributed by atoms with van der Waals surface area (Å²) in [6, 6.07) is 4.51. The summed E-state index contributed by atoms with van der Waals surface area (Å²) in [7, 11) is 0. The molecule has 96 valence electrons. The third-order valence-electron chi connectivity index (χ3n) is 3.10. The van der Waals surface area contributed by atoms with Crippen molar-refractivity contribution in [3.63, 3.8) is 0 Å². The van der Waals surface area contributed by atoms with Crippen LogP contribution in [0, 0.1) is 5.92 Å². The first-order valence-corrected chi connectivity index (χ1v) is 6.67. The second-order valence-corrected chi connectivity index (χ2v) is 6.06. The summed E-state index contributed by atoms with van der Waals surface area (Å²) in [5, 5.41) is 3.38. The molecule has 1 aromatic rings. The van der Waals surface area contributed by atoms with E-state index in [1.807, 2.05) is 12.3 Å². The number of hydrogen-bond acceptors (Lipinski definition) is 2. The van der Waals surface area contributed by atoms with Crippen molar-refractivity contribution in [3.8, 4) is 0 Å². The number of halogens is 1. The minimum Gasteiger partial charge on any atom is -0.367 e. The lowest BCUT2D eigenvalue weighted by Gasteiger charge is -2.21. The number of rotatable bonds is 4. The highest BCUT2D eigenvalue weighted by atomic mass is 35.5. The number of nitrogens with zero attached hydrogens (tertiary/aromatic N) is 1. The smallest absolute Gasteiger partial charge is 0.126 e. The molecule has 2 unspecified atom stereocenters. The Kier molecular flexibility index (Phi) is 4.81. The van der Waals surface area contributed by atoms with E-state index in [-0.39, 0.29) is 5.41 Å². The van der Waals surface area contributed by atoms with E-state index in [2.05, 4.69) is 51.0 Å². The van der Waals surface area contributed by atoms with Gasteiger partial charge >= 0.3 is 0 Å². The van der Waals surface area contributed by atoms with Gasteiger partial charge in [-0.3, -0.25) is 0 Å². The van der Waals surface area contributed by atoms with Crippen LogP contribution in [-0.4, -0.2) is 16.9 Å². The van der Waals surface area contributed by atoms with E-state index >= 15 is 0 Å². The van der Waals surface area contributed by atoms with Crippen molar-refractivity contribution in [2.45, 2.75) is 46.1 Å². The Morgan fingerprint density at radius 3 is 2.35 bits per heavy atom. The maximum Gasteiger partial charge on any atom is 0.126 e. The van der Waals surface area contributed by atoms with E-state index in [4.69, 9.17) is 11.6 Å². The van der Waals surface area contributed by atoms with Crippen molar-refractivity contribution < 1.29 is 0 Å². The molecular formula is C14H23ClN2. The van der Waals surface area contributed by atoms with Crippen LogP contribution >= 0.6 is 11.6 Å². The standard InChI is InChI=1S/C14H23ClN2/c1-10(8-15)11(2)17-13-7-6-12(9-16-13)14(3,4)5/h6-7,9-11H,8H2,1-5H3,(H,16,17). The molecule has 2 nitrogen and oxygen atoms in total. The first-order valence-electron chi connectivity index (χ1n) is 6.13. The van der Waals surface area contributed by atoms with Crippen LogP contribution in [0.2, 0.25) is 0 Å². The fourth-order valence-corrected chi connectivity index (χ4v) is 1.70. The van der Waals surface area contributed by atoms with Gasteiger partial charge in [0, 0.05) is 18.1 Å². The van der Waals surface area contributed by atoms with E-state index in [0.29, 0.717) is 17.8 Å². The van der Waals surface area contributed by atoms with E-state index in [1.54, 1.807) is 0 Å². The molecule has 0 aromatic carbocycles. The first kappa shape index (κ1) is 14.3. The van der Waals surface area contributed by atoms with Gasteiger partial charge in [0.2, 0.25) is 0 Å². The van der Waals surface area contributed by atoms with Crippen molar-refractivity contribution >= 4 is 17.4 Å². The summed E-state index contributed by atoms with van der Waals surface area (Å²) < 4.78 is 0. The second-order valence-electron chi connectivity index (χ2n) is 5.75. The molecule has 0 aliphatic heterocycles. The molecule has 0 bridgehead atoms. The Hall–Kier alpha value is -0.760. The Bertz CT molecular complexity index is 340. The van der Waals surface area contributed by atoms with Crippen molar-refractivity contribution in [3.05, 3.63) is 23.9 Å². The SMILES string of the molecule is CC(CCl)C(C)Nc1ccc(C(C)(C)C)cn1. The summed E-state index contributed by atoms with van der Waals surface area (Å²) in [5.41, 5.74) is 1.40. The number of hydrogen-bond donors (Lipinski definition) is 1. The van der Waals surface area contributed by atoms with Crippen LogP contribution in [0.25, 0.3) is 0 Å². The topological polar surface area (TPSA) is 24.9 Å². The minimum absolute atomic E-state index is 0.153. The highest BCUT2D eigenvalue weighted by Gasteiger charge is 2.15. The lowest BCUT2D eigenvalue weighted by Crippen LogP contribution is -2.25. The van der Waals surface area contributed by atoms with Crippen molar-refractivity contribution in [1.29, 1.82) is 0 Å². The van der Waals surface area contributed by atoms with Gasteiger partial charge < -0.3 is 5.32 Å². The van der Waals surface area contributed by atoms with Crippen LogP contribution in [0.4, 0.5) is 5.82 Å². The highest BCUT2D eigenvalue weighted by molar-refractivity contribution is 6.18. The van der Waals surface area contributed by atoms with Crippen molar-refractivity contribution in [1.82, 2.24) is 4.98 Å².